The van der Waals surface area contributed by atoms with Crippen molar-refractivity contribution < 1.29 is 0 Å². The van der Waals surface area contributed by atoms with Crippen LogP contribution >= 0.6 is 39.1 Å². The summed E-state index contributed by atoms with van der Waals surface area (Å²) in [6, 6.07) is 14.1. The van der Waals surface area contributed by atoms with Gasteiger partial charge in [-0.05, 0) is 42.8 Å². The first kappa shape index (κ1) is 14.9. The molecule has 1 aromatic heterocycles. The zero-order valence-electron chi connectivity index (χ0n) is 11.4. The number of hydrogen-bond donors (Lipinski definition) is 0. The summed E-state index contributed by atoms with van der Waals surface area (Å²) in [5, 5.41) is 0.739. The van der Waals surface area contributed by atoms with Crippen LogP contribution in [0.4, 0.5) is 0 Å². The van der Waals surface area contributed by atoms with Crippen LogP contribution in [-0.2, 0) is 5.88 Å². The van der Waals surface area contributed by atoms with Crippen LogP contribution in [0.1, 0.15) is 24.4 Å². The fraction of sp³-hybridized carbons (Fsp3) is 0.188. The van der Waals surface area contributed by atoms with E-state index in [1.807, 2.05) is 36.4 Å². The summed E-state index contributed by atoms with van der Waals surface area (Å²) in [4.78, 5) is 4.63. The Labute approximate surface area is 141 Å². The number of halogens is 3. The first-order valence-electron chi connectivity index (χ1n) is 6.58. The van der Waals surface area contributed by atoms with Crippen molar-refractivity contribution in [3.05, 3.63) is 63.3 Å². The highest BCUT2D eigenvalue weighted by Crippen LogP contribution is 2.29. The predicted octanol–water partition coefficient (Wildman–Crippen LogP) is 5.80. The first-order chi connectivity index (χ1) is 10.1. The van der Waals surface area contributed by atoms with Crippen molar-refractivity contribution >= 4 is 50.2 Å². The third-order valence-corrected chi connectivity index (χ3v) is 4.57. The van der Waals surface area contributed by atoms with E-state index in [0.29, 0.717) is 5.88 Å². The summed E-state index contributed by atoms with van der Waals surface area (Å²) >= 11 is 15.5. The largest absolute Gasteiger partial charge is 0.320 e. The molecule has 0 spiro atoms. The molecule has 0 saturated heterocycles. The molecule has 0 aliphatic carbocycles. The van der Waals surface area contributed by atoms with Gasteiger partial charge in [0.2, 0.25) is 0 Å². The van der Waals surface area contributed by atoms with Gasteiger partial charge in [0.1, 0.15) is 5.82 Å². The van der Waals surface area contributed by atoms with Crippen LogP contribution in [0.25, 0.3) is 11.0 Å². The van der Waals surface area contributed by atoms with E-state index >= 15 is 0 Å². The Morgan fingerprint density at radius 2 is 1.90 bits per heavy atom. The van der Waals surface area contributed by atoms with E-state index in [9.17, 15) is 0 Å². The molecule has 108 valence electrons. The Morgan fingerprint density at radius 3 is 2.57 bits per heavy atom. The van der Waals surface area contributed by atoms with Gasteiger partial charge in [-0.15, -0.1) is 11.6 Å². The van der Waals surface area contributed by atoms with Crippen LogP contribution in [0, 0.1) is 0 Å². The Morgan fingerprint density at radius 1 is 1.19 bits per heavy atom. The van der Waals surface area contributed by atoms with Crippen molar-refractivity contribution in [1.82, 2.24) is 9.55 Å². The molecule has 3 aromatic rings. The van der Waals surface area contributed by atoms with Crippen molar-refractivity contribution in [3.63, 3.8) is 0 Å². The molecule has 0 aliphatic heterocycles. The van der Waals surface area contributed by atoms with Gasteiger partial charge in [0, 0.05) is 9.50 Å². The van der Waals surface area contributed by atoms with Gasteiger partial charge < -0.3 is 4.57 Å². The number of hydrogen-bond acceptors (Lipinski definition) is 1. The smallest absolute Gasteiger partial charge is 0.125 e. The predicted molar refractivity (Wildman–Crippen MR) is 92.3 cm³/mol. The molecule has 0 amide bonds. The third-order valence-electron chi connectivity index (χ3n) is 3.58. The molecule has 0 bridgehead atoms. The van der Waals surface area contributed by atoms with Crippen LogP contribution in [-0.4, -0.2) is 9.55 Å². The molecule has 0 fully saturated rings. The summed E-state index contributed by atoms with van der Waals surface area (Å²) in [6.07, 6.45) is 0. The summed E-state index contributed by atoms with van der Waals surface area (Å²) in [7, 11) is 0. The van der Waals surface area contributed by atoms with E-state index in [0.717, 1.165) is 26.4 Å². The molecular formula is C16H13BrCl2N2. The van der Waals surface area contributed by atoms with E-state index in [2.05, 4.69) is 38.5 Å². The third kappa shape index (κ3) is 2.83. The molecule has 0 aliphatic rings. The number of benzene rings is 2. The Bertz CT molecular complexity index is 781. The van der Waals surface area contributed by atoms with Gasteiger partial charge in [-0.25, -0.2) is 4.98 Å². The minimum atomic E-state index is 0.141. The second-order valence-corrected chi connectivity index (χ2v) is 6.51. The minimum Gasteiger partial charge on any atom is -0.320 e. The number of fused-ring (bicyclic) bond motifs is 1. The number of nitrogens with zero attached hydrogens (tertiary/aromatic N) is 2. The quantitative estimate of drug-likeness (QED) is 0.522. The average Bonchev–Trinajstić information content (AvgIpc) is 2.84. The lowest BCUT2D eigenvalue weighted by Gasteiger charge is -2.17. The first-order valence-corrected chi connectivity index (χ1v) is 8.28. The van der Waals surface area contributed by atoms with Crippen LogP contribution in [0.15, 0.2) is 46.9 Å². The fourth-order valence-corrected chi connectivity index (χ4v) is 3.20. The molecule has 2 nitrogen and oxygen atoms in total. The summed E-state index contributed by atoms with van der Waals surface area (Å²) in [6.45, 7) is 2.14. The van der Waals surface area contributed by atoms with Crippen LogP contribution in [0.5, 0.6) is 0 Å². The fourth-order valence-electron chi connectivity index (χ4n) is 2.54. The normalized spacial score (nSPS) is 12.8. The zero-order chi connectivity index (χ0) is 15.0. The molecule has 0 N–H and O–H groups in total. The van der Waals surface area contributed by atoms with E-state index in [1.165, 1.54) is 5.56 Å². The second kappa shape index (κ2) is 5.99. The molecule has 0 radical (unpaired) electrons. The molecule has 1 unspecified atom stereocenters. The summed E-state index contributed by atoms with van der Waals surface area (Å²) in [5.74, 6) is 1.25. The second-order valence-electron chi connectivity index (χ2n) is 4.89. The molecule has 21 heavy (non-hydrogen) atoms. The molecule has 2 aromatic carbocycles. The summed E-state index contributed by atoms with van der Waals surface area (Å²) < 4.78 is 3.19. The highest BCUT2D eigenvalue weighted by molar-refractivity contribution is 9.10. The van der Waals surface area contributed by atoms with Gasteiger partial charge in [0.05, 0.1) is 23.0 Å². The maximum atomic E-state index is 6.08. The number of rotatable bonds is 3. The van der Waals surface area contributed by atoms with Crippen molar-refractivity contribution in [2.24, 2.45) is 0 Å². The molecule has 1 heterocycles. The van der Waals surface area contributed by atoms with Crippen molar-refractivity contribution in [3.8, 4) is 0 Å². The number of alkyl halides is 1. The van der Waals surface area contributed by atoms with E-state index in [1.54, 1.807) is 0 Å². The van der Waals surface area contributed by atoms with Crippen LogP contribution in [0.2, 0.25) is 5.02 Å². The molecule has 1 atom stereocenters. The molecule has 0 saturated carbocycles. The van der Waals surface area contributed by atoms with Crippen LogP contribution < -0.4 is 0 Å². The van der Waals surface area contributed by atoms with Gasteiger partial charge in [0.25, 0.3) is 0 Å². The lowest BCUT2D eigenvalue weighted by molar-refractivity contribution is 0.634. The number of aromatic nitrogens is 2. The monoisotopic (exact) mass is 382 g/mol. The summed E-state index contributed by atoms with van der Waals surface area (Å²) in [5.41, 5.74) is 3.20. The van der Waals surface area contributed by atoms with E-state index in [4.69, 9.17) is 23.2 Å². The van der Waals surface area contributed by atoms with Gasteiger partial charge in [-0.3, -0.25) is 0 Å². The van der Waals surface area contributed by atoms with Crippen molar-refractivity contribution in [2.75, 3.05) is 0 Å². The molecule has 3 rings (SSSR count). The van der Waals surface area contributed by atoms with Gasteiger partial charge >= 0.3 is 0 Å². The topological polar surface area (TPSA) is 17.8 Å². The van der Waals surface area contributed by atoms with Crippen LogP contribution in [0.3, 0.4) is 0 Å². The molecular weight excluding hydrogens is 371 g/mol. The minimum absolute atomic E-state index is 0.141. The Kier molecular flexibility index (Phi) is 4.25. The van der Waals surface area contributed by atoms with E-state index in [-0.39, 0.29) is 6.04 Å². The van der Waals surface area contributed by atoms with Gasteiger partial charge in [0.15, 0.2) is 0 Å². The maximum absolute atomic E-state index is 6.08. The lowest BCUT2D eigenvalue weighted by Crippen LogP contribution is -2.09. The SMILES string of the molecule is CC(c1ccc(Cl)cc1)n1c(CCl)nc2cc(Br)ccc21. The lowest BCUT2D eigenvalue weighted by atomic mass is 10.1. The van der Waals surface area contributed by atoms with Crippen molar-refractivity contribution in [2.45, 2.75) is 18.8 Å². The average molecular weight is 384 g/mol. The van der Waals surface area contributed by atoms with E-state index < -0.39 is 0 Å². The van der Waals surface area contributed by atoms with Crippen molar-refractivity contribution in [1.29, 1.82) is 0 Å². The zero-order valence-corrected chi connectivity index (χ0v) is 14.5. The highest BCUT2D eigenvalue weighted by Gasteiger charge is 2.16. The Balaban J connectivity index is 2.16. The van der Waals surface area contributed by atoms with Gasteiger partial charge in [-0.2, -0.15) is 0 Å². The Hall–Kier alpha value is -1.03. The highest BCUT2D eigenvalue weighted by atomic mass is 79.9. The standard InChI is InChI=1S/C16H13BrCl2N2/c1-10(11-2-5-13(19)6-3-11)21-15-7-4-12(17)8-14(15)20-16(21)9-18/h2-8,10H,9H2,1H3. The maximum Gasteiger partial charge on any atom is 0.125 e. The number of imidazole rings is 1. The van der Waals surface area contributed by atoms with Gasteiger partial charge in [-0.1, -0.05) is 39.7 Å². The molecule has 5 heteroatoms.